The van der Waals surface area contributed by atoms with Crippen molar-refractivity contribution in [3.05, 3.63) is 18.2 Å². The number of ether oxygens (including phenoxy) is 1. The van der Waals surface area contributed by atoms with Gasteiger partial charge in [0.15, 0.2) is 6.61 Å². The lowest BCUT2D eigenvalue weighted by Crippen LogP contribution is -2.31. The standard InChI is InChI=1S/C17H27N3O5S/c1-6-17(22)25-12-16(21)18-14-11-13(9-10-15(14)19(4)5)26(23,24)20(7-2)8-3/h9-11H,6-8,12H2,1-5H3,(H,18,21). The number of rotatable bonds is 9. The van der Waals surface area contributed by atoms with Crippen LogP contribution >= 0.6 is 0 Å². The van der Waals surface area contributed by atoms with E-state index in [1.165, 1.54) is 16.4 Å². The molecule has 0 heterocycles. The minimum absolute atomic E-state index is 0.0904. The van der Waals surface area contributed by atoms with Gasteiger partial charge in [-0.15, -0.1) is 0 Å². The molecule has 0 saturated heterocycles. The molecule has 0 aliphatic heterocycles. The van der Waals surface area contributed by atoms with Gasteiger partial charge in [-0.1, -0.05) is 20.8 Å². The Morgan fingerprint density at radius 3 is 2.23 bits per heavy atom. The lowest BCUT2D eigenvalue weighted by molar-refractivity contribution is -0.146. The molecule has 1 aromatic carbocycles. The van der Waals surface area contributed by atoms with Crippen molar-refractivity contribution in [2.45, 2.75) is 32.1 Å². The van der Waals surface area contributed by atoms with E-state index in [0.29, 0.717) is 24.5 Å². The van der Waals surface area contributed by atoms with Crippen LogP contribution in [0, 0.1) is 0 Å². The first-order valence-corrected chi connectivity index (χ1v) is 9.88. The number of hydrogen-bond acceptors (Lipinski definition) is 6. The number of esters is 1. The van der Waals surface area contributed by atoms with Crippen molar-refractivity contribution in [1.29, 1.82) is 0 Å². The second-order valence-corrected chi connectivity index (χ2v) is 7.66. The summed E-state index contributed by atoms with van der Waals surface area (Å²) in [5, 5.41) is 2.62. The molecule has 0 aliphatic rings. The summed E-state index contributed by atoms with van der Waals surface area (Å²) in [7, 11) is -0.0966. The van der Waals surface area contributed by atoms with Crippen LogP contribution in [0.4, 0.5) is 11.4 Å². The summed E-state index contributed by atoms with van der Waals surface area (Å²) in [6.07, 6.45) is 0.174. The van der Waals surface area contributed by atoms with E-state index in [0.717, 1.165) is 0 Å². The largest absolute Gasteiger partial charge is 0.456 e. The Morgan fingerprint density at radius 1 is 1.12 bits per heavy atom. The summed E-state index contributed by atoms with van der Waals surface area (Å²) < 4.78 is 31.5. The van der Waals surface area contributed by atoms with Crippen LogP contribution in [0.3, 0.4) is 0 Å². The van der Waals surface area contributed by atoms with Crippen LogP contribution in [0.5, 0.6) is 0 Å². The monoisotopic (exact) mass is 385 g/mol. The number of nitrogens with zero attached hydrogens (tertiary/aromatic N) is 2. The van der Waals surface area contributed by atoms with Crippen molar-refractivity contribution in [2.75, 3.05) is 44.0 Å². The Labute approximate surface area is 155 Å². The molecule has 1 N–H and O–H groups in total. The van der Waals surface area contributed by atoms with Gasteiger partial charge in [-0.3, -0.25) is 9.59 Å². The smallest absolute Gasteiger partial charge is 0.306 e. The summed E-state index contributed by atoms with van der Waals surface area (Å²) in [5.74, 6) is -1.02. The average molecular weight is 385 g/mol. The molecular weight excluding hydrogens is 358 g/mol. The molecular formula is C17H27N3O5S. The molecule has 0 saturated carbocycles. The van der Waals surface area contributed by atoms with Gasteiger partial charge in [0.25, 0.3) is 5.91 Å². The fourth-order valence-corrected chi connectivity index (χ4v) is 3.80. The lowest BCUT2D eigenvalue weighted by atomic mass is 10.2. The predicted molar refractivity (Wildman–Crippen MR) is 101 cm³/mol. The maximum Gasteiger partial charge on any atom is 0.306 e. The third-order valence-electron chi connectivity index (χ3n) is 3.72. The molecule has 1 amide bonds. The number of benzene rings is 1. The number of hydrogen-bond donors (Lipinski definition) is 1. The van der Waals surface area contributed by atoms with Crippen LogP contribution in [0.25, 0.3) is 0 Å². The molecule has 0 spiro atoms. The first kappa shape index (κ1) is 21.9. The van der Waals surface area contributed by atoms with Crippen LogP contribution in [0.15, 0.2) is 23.1 Å². The highest BCUT2D eigenvalue weighted by atomic mass is 32.2. The Balaban J connectivity index is 3.16. The molecule has 1 rings (SSSR count). The fraction of sp³-hybridized carbons (Fsp3) is 0.529. The zero-order valence-corrected chi connectivity index (χ0v) is 16.7. The summed E-state index contributed by atoms with van der Waals surface area (Å²) in [5.41, 5.74) is 0.972. The van der Waals surface area contributed by atoms with Crippen LogP contribution in [-0.2, 0) is 24.3 Å². The van der Waals surface area contributed by atoms with Gasteiger partial charge in [-0.25, -0.2) is 8.42 Å². The van der Waals surface area contributed by atoms with E-state index in [-0.39, 0.29) is 11.3 Å². The van der Waals surface area contributed by atoms with Gasteiger partial charge in [0, 0.05) is 33.6 Å². The van der Waals surface area contributed by atoms with Gasteiger partial charge < -0.3 is 15.0 Å². The van der Waals surface area contributed by atoms with Crippen molar-refractivity contribution in [2.24, 2.45) is 0 Å². The fourth-order valence-electron chi connectivity index (χ4n) is 2.31. The topological polar surface area (TPSA) is 96.0 Å². The first-order chi connectivity index (χ1) is 12.2. The molecule has 146 valence electrons. The highest BCUT2D eigenvalue weighted by Gasteiger charge is 2.23. The molecule has 9 heteroatoms. The number of amides is 1. The Bertz CT molecular complexity index is 743. The Hall–Kier alpha value is -2.13. The number of carbonyl (C=O) groups excluding carboxylic acids is 2. The second-order valence-electron chi connectivity index (χ2n) is 5.73. The maximum absolute atomic E-state index is 12.7. The summed E-state index contributed by atoms with van der Waals surface area (Å²) in [6.45, 7) is 5.43. The molecule has 0 unspecified atom stereocenters. The minimum atomic E-state index is -3.65. The molecule has 26 heavy (non-hydrogen) atoms. The summed E-state index contributed by atoms with van der Waals surface area (Å²) >= 11 is 0. The van der Waals surface area contributed by atoms with Crippen molar-refractivity contribution in [3.63, 3.8) is 0 Å². The first-order valence-electron chi connectivity index (χ1n) is 8.44. The number of sulfonamides is 1. The molecule has 0 aliphatic carbocycles. The van der Waals surface area contributed by atoms with Crippen LogP contribution in [0.1, 0.15) is 27.2 Å². The van der Waals surface area contributed by atoms with Gasteiger partial charge >= 0.3 is 5.97 Å². The lowest BCUT2D eigenvalue weighted by Gasteiger charge is -2.22. The van der Waals surface area contributed by atoms with E-state index >= 15 is 0 Å². The van der Waals surface area contributed by atoms with Gasteiger partial charge in [0.1, 0.15) is 0 Å². The van der Waals surface area contributed by atoms with E-state index in [9.17, 15) is 18.0 Å². The zero-order valence-electron chi connectivity index (χ0n) is 15.9. The molecule has 0 atom stereocenters. The number of carbonyl (C=O) groups is 2. The molecule has 0 bridgehead atoms. The Morgan fingerprint density at radius 2 is 1.73 bits per heavy atom. The van der Waals surface area contributed by atoms with Crippen molar-refractivity contribution in [3.8, 4) is 0 Å². The summed E-state index contributed by atoms with van der Waals surface area (Å²) in [6, 6.07) is 4.56. The number of nitrogens with one attached hydrogen (secondary N) is 1. The van der Waals surface area contributed by atoms with Crippen LogP contribution in [0.2, 0.25) is 0 Å². The highest BCUT2D eigenvalue weighted by Crippen LogP contribution is 2.29. The van der Waals surface area contributed by atoms with Gasteiger partial charge in [0.05, 0.1) is 16.3 Å². The zero-order chi connectivity index (χ0) is 19.9. The average Bonchev–Trinajstić information content (AvgIpc) is 2.60. The SMILES string of the molecule is CCC(=O)OCC(=O)Nc1cc(S(=O)(=O)N(CC)CC)ccc1N(C)C. The van der Waals surface area contributed by atoms with Gasteiger partial charge in [-0.2, -0.15) is 4.31 Å². The minimum Gasteiger partial charge on any atom is -0.456 e. The van der Waals surface area contributed by atoms with Crippen molar-refractivity contribution >= 4 is 33.3 Å². The van der Waals surface area contributed by atoms with Crippen molar-refractivity contribution in [1.82, 2.24) is 4.31 Å². The quantitative estimate of drug-likeness (QED) is 0.650. The third kappa shape index (κ3) is 5.43. The molecule has 0 fully saturated rings. The van der Waals surface area contributed by atoms with Crippen LogP contribution in [-0.4, -0.2) is 58.4 Å². The molecule has 0 aromatic heterocycles. The van der Waals surface area contributed by atoms with Gasteiger partial charge in [-0.05, 0) is 18.2 Å². The molecule has 1 aromatic rings. The second kappa shape index (κ2) is 9.54. The van der Waals surface area contributed by atoms with E-state index < -0.39 is 28.5 Å². The normalized spacial score (nSPS) is 11.3. The van der Waals surface area contributed by atoms with Crippen molar-refractivity contribution < 1.29 is 22.7 Å². The summed E-state index contributed by atoms with van der Waals surface area (Å²) in [4.78, 5) is 25.1. The predicted octanol–water partition coefficient (Wildman–Crippen LogP) is 1.67. The van der Waals surface area contributed by atoms with E-state index in [1.807, 2.05) is 0 Å². The van der Waals surface area contributed by atoms with E-state index in [1.54, 1.807) is 45.8 Å². The molecule has 8 nitrogen and oxygen atoms in total. The maximum atomic E-state index is 12.7. The van der Waals surface area contributed by atoms with E-state index in [2.05, 4.69) is 5.32 Å². The van der Waals surface area contributed by atoms with Gasteiger partial charge in [0.2, 0.25) is 10.0 Å². The number of anilines is 2. The highest BCUT2D eigenvalue weighted by molar-refractivity contribution is 7.89. The van der Waals surface area contributed by atoms with Crippen LogP contribution < -0.4 is 10.2 Å². The Kier molecular flexibility index (Phi) is 8.04. The van der Waals surface area contributed by atoms with E-state index in [4.69, 9.17) is 4.74 Å². The molecule has 0 radical (unpaired) electrons. The third-order valence-corrected chi connectivity index (χ3v) is 5.77.